The van der Waals surface area contributed by atoms with Gasteiger partial charge in [-0.15, -0.1) is 0 Å². The SMILES string of the molecule is CC1(C)CC(O)/C(=C/c2ccccc2)C(C)(C)N1. The molecule has 1 heterocycles. The van der Waals surface area contributed by atoms with E-state index < -0.39 is 0 Å². The number of aliphatic hydroxyl groups is 1. The first-order valence-corrected chi connectivity index (χ1v) is 6.55. The zero-order valence-electron chi connectivity index (χ0n) is 11.7. The third-order valence-corrected chi connectivity index (χ3v) is 3.56. The highest BCUT2D eigenvalue weighted by Crippen LogP contribution is 2.34. The molecule has 98 valence electrons. The summed E-state index contributed by atoms with van der Waals surface area (Å²) in [5.74, 6) is 0. The molecule has 2 rings (SSSR count). The minimum absolute atomic E-state index is 0.0308. The Kier molecular flexibility index (Phi) is 3.35. The van der Waals surface area contributed by atoms with Gasteiger partial charge in [0.15, 0.2) is 0 Å². The van der Waals surface area contributed by atoms with Crippen molar-refractivity contribution in [3.05, 3.63) is 41.5 Å². The molecule has 1 aliphatic rings. The molecule has 0 amide bonds. The van der Waals surface area contributed by atoms with E-state index in [2.05, 4.69) is 51.2 Å². The van der Waals surface area contributed by atoms with E-state index in [1.54, 1.807) is 0 Å². The lowest BCUT2D eigenvalue weighted by Crippen LogP contribution is -2.60. The second-order valence-corrected chi connectivity index (χ2v) is 6.36. The Morgan fingerprint density at radius 3 is 2.33 bits per heavy atom. The van der Waals surface area contributed by atoms with Gasteiger partial charge < -0.3 is 10.4 Å². The maximum atomic E-state index is 10.4. The summed E-state index contributed by atoms with van der Waals surface area (Å²) >= 11 is 0. The van der Waals surface area contributed by atoms with Crippen molar-refractivity contribution in [1.29, 1.82) is 0 Å². The van der Waals surface area contributed by atoms with Gasteiger partial charge in [-0.2, -0.15) is 0 Å². The van der Waals surface area contributed by atoms with Crippen LogP contribution in [0, 0.1) is 0 Å². The molecule has 1 unspecified atom stereocenters. The Morgan fingerprint density at radius 1 is 1.17 bits per heavy atom. The molecule has 0 aliphatic carbocycles. The van der Waals surface area contributed by atoms with Crippen molar-refractivity contribution < 1.29 is 5.11 Å². The van der Waals surface area contributed by atoms with Crippen molar-refractivity contribution in [3.63, 3.8) is 0 Å². The fourth-order valence-corrected chi connectivity index (χ4v) is 2.98. The van der Waals surface area contributed by atoms with Crippen LogP contribution in [-0.2, 0) is 0 Å². The molecule has 2 nitrogen and oxygen atoms in total. The Labute approximate surface area is 110 Å². The zero-order valence-corrected chi connectivity index (χ0v) is 11.7. The average Bonchev–Trinajstić information content (AvgIpc) is 2.23. The molecular formula is C16H23NO. The molecule has 1 saturated heterocycles. The molecule has 2 N–H and O–H groups in total. The summed E-state index contributed by atoms with van der Waals surface area (Å²) < 4.78 is 0. The Balaban J connectivity index is 2.35. The summed E-state index contributed by atoms with van der Waals surface area (Å²) in [4.78, 5) is 0. The smallest absolute Gasteiger partial charge is 0.0788 e. The van der Waals surface area contributed by atoms with Gasteiger partial charge >= 0.3 is 0 Å². The first kappa shape index (κ1) is 13.3. The Bertz CT molecular complexity index is 445. The molecule has 0 bridgehead atoms. The van der Waals surface area contributed by atoms with E-state index in [-0.39, 0.29) is 17.2 Å². The maximum Gasteiger partial charge on any atom is 0.0788 e. The van der Waals surface area contributed by atoms with E-state index in [0.717, 1.165) is 17.6 Å². The lowest BCUT2D eigenvalue weighted by molar-refractivity contribution is 0.0960. The van der Waals surface area contributed by atoms with Gasteiger partial charge in [0.1, 0.15) is 0 Å². The lowest BCUT2D eigenvalue weighted by atomic mass is 9.76. The zero-order chi connectivity index (χ0) is 13.4. The van der Waals surface area contributed by atoms with Gasteiger partial charge in [0.05, 0.1) is 6.10 Å². The van der Waals surface area contributed by atoms with Gasteiger partial charge in [-0.3, -0.25) is 0 Å². The molecule has 0 aromatic heterocycles. The van der Waals surface area contributed by atoms with Crippen molar-refractivity contribution >= 4 is 6.08 Å². The molecule has 0 spiro atoms. The van der Waals surface area contributed by atoms with Crippen LogP contribution in [0.1, 0.15) is 39.7 Å². The van der Waals surface area contributed by atoms with Gasteiger partial charge in [-0.1, -0.05) is 36.4 Å². The standard InChI is InChI=1S/C16H23NO/c1-15(2)11-14(18)13(16(3,4)17-15)10-12-8-6-5-7-9-12/h5-10,14,17-18H,11H2,1-4H3/b13-10-. The molecule has 1 aromatic carbocycles. The van der Waals surface area contributed by atoms with Crippen molar-refractivity contribution in [2.24, 2.45) is 0 Å². The van der Waals surface area contributed by atoms with Crippen LogP contribution in [0.25, 0.3) is 6.08 Å². The summed E-state index contributed by atoms with van der Waals surface area (Å²) in [6.07, 6.45) is 2.47. The number of benzene rings is 1. The highest BCUT2D eigenvalue weighted by molar-refractivity contribution is 5.57. The van der Waals surface area contributed by atoms with Crippen LogP contribution >= 0.6 is 0 Å². The van der Waals surface area contributed by atoms with Crippen LogP contribution in [0.5, 0.6) is 0 Å². The minimum atomic E-state index is -0.378. The van der Waals surface area contributed by atoms with Crippen LogP contribution in [0.4, 0.5) is 0 Å². The Hall–Kier alpha value is -1.12. The van der Waals surface area contributed by atoms with E-state index in [9.17, 15) is 5.11 Å². The van der Waals surface area contributed by atoms with Crippen LogP contribution in [0.15, 0.2) is 35.9 Å². The first-order chi connectivity index (χ1) is 8.30. The van der Waals surface area contributed by atoms with Crippen molar-refractivity contribution in [2.75, 3.05) is 0 Å². The molecule has 1 aliphatic heterocycles. The predicted octanol–water partition coefficient (Wildman–Crippen LogP) is 2.98. The van der Waals surface area contributed by atoms with E-state index in [0.29, 0.717) is 0 Å². The van der Waals surface area contributed by atoms with Gasteiger partial charge in [-0.05, 0) is 45.3 Å². The van der Waals surface area contributed by atoms with Crippen LogP contribution in [-0.4, -0.2) is 22.3 Å². The van der Waals surface area contributed by atoms with E-state index in [4.69, 9.17) is 0 Å². The topological polar surface area (TPSA) is 32.3 Å². The highest BCUT2D eigenvalue weighted by Gasteiger charge is 2.40. The molecule has 2 heteroatoms. The second-order valence-electron chi connectivity index (χ2n) is 6.36. The second kappa shape index (κ2) is 4.52. The van der Waals surface area contributed by atoms with Gasteiger partial charge in [0, 0.05) is 11.1 Å². The van der Waals surface area contributed by atoms with Crippen LogP contribution in [0.3, 0.4) is 0 Å². The van der Waals surface area contributed by atoms with Crippen molar-refractivity contribution in [2.45, 2.75) is 51.3 Å². The lowest BCUT2D eigenvalue weighted by Gasteiger charge is -2.47. The van der Waals surface area contributed by atoms with Gasteiger partial charge in [0.25, 0.3) is 0 Å². The van der Waals surface area contributed by atoms with Gasteiger partial charge in [-0.25, -0.2) is 0 Å². The fraction of sp³-hybridized carbons (Fsp3) is 0.500. The number of nitrogens with one attached hydrogen (secondary N) is 1. The monoisotopic (exact) mass is 245 g/mol. The largest absolute Gasteiger partial charge is 0.389 e. The molecule has 0 radical (unpaired) electrons. The summed E-state index contributed by atoms with van der Waals surface area (Å²) in [5.41, 5.74) is 1.99. The maximum absolute atomic E-state index is 10.4. The minimum Gasteiger partial charge on any atom is -0.389 e. The molecule has 1 aromatic rings. The number of hydrogen-bond acceptors (Lipinski definition) is 2. The molecule has 1 fully saturated rings. The van der Waals surface area contributed by atoms with Crippen LogP contribution in [0.2, 0.25) is 0 Å². The van der Waals surface area contributed by atoms with E-state index in [1.807, 2.05) is 18.2 Å². The van der Waals surface area contributed by atoms with Crippen LogP contribution < -0.4 is 5.32 Å². The molecule has 0 saturated carbocycles. The summed E-state index contributed by atoms with van der Waals surface area (Å²) in [7, 11) is 0. The quantitative estimate of drug-likeness (QED) is 0.797. The number of aliphatic hydroxyl groups excluding tert-OH is 1. The average molecular weight is 245 g/mol. The summed E-state index contributed by atoms with van der Waals surface area (Å²) in [5, 5.41) is 14.0. The summed E-state index contributed by atoms with van der Waals surface area (Å²) in [6, 6.07) is 10.2. The number of hydrogen-bond donors (Lipinski definition) is 2. The first-order valence-electron chi connectivity index (χ1n) is 6.55. The molecule has 18 heavy (non-hydrogen) atoms. The normalized spacial score (nSPS) is 28.3. The Morgan fingerprint density at radius 2 is 1.78 bits per heavy atom. The van der Waals surface area contributed by atoms with E-state index in [1.165, 1.54) is 0 Å². The third-order valence-electron chi connectivity index (χ3n) is 3.56. The number of piperidine rings is 1. The van der Waals surface area contributed by atoms with E-state index >= 15 is 0 Å². The third kappa shape index (κ3) is 2.82. The predicted molar refractivity (Wildman–Crippen MR) is 76.3 cm³/mol. The fourth-order valence-electron chi connectivity index (χ4n) is 2.98. The molecular weight excluding hydrogens is 222 g/mol. The van der Waals surface area contributed by atoms with Crippen molar-refractivity contribution in [1.82, 2.24) is 5.32 Å². The number of rotatable bonds is 1. The van der Waals surface area contributed by atoms with Crippen molar-refractivity contribution in [3.8, 4) is 0 Å². The molecule has 1 atom stereocenters. The van der Waals surface area contributed by atoms with Gasteiger partial charge in [0.2, 0.25) is 0 Å². The highest BCUT2D eigenvalue weighted by atomic mass is 16.3. The summed E-state index contributed by atoms with van der Waals surface area (Å²) in [6.45, 7) is 8.53.